The molecule has 0 N–H and O–H groups in total. The van der Waals surface area contributed by atoms with Gasteiger partial charge in [0.2, 0.25) is 0 Å². The van der Waals surface area contributed by atoms with Gasteiger partial charge in [-0.3, -0.25) is 0 Å². The van der Waals surface area contributed by atoms with Gasteiger partial charge in [-0.05, 0) is 0 Å². The normalized spacial score (nSPS) is 11.4. The number of carbonyl (C=O) groups excluding carboxylic acids is 2. The summed E-state index contributed by atoms with van der Waals surface area (Å²) in [5, 5.41) is 0.509. The van der Waals surface area contributed by atoms with Crippen LogP contribution in [-0.4, -0.2) is 28.0 Å². The predicted octanol–water partition coefficient (Wildman–Crippen LogP) is 3.91. The van der Waals surface area contributed by atoms with Crippen LogP contribution < -0.4 is 9.47 Å². The molecule has 3 aromatic carbocycles. The summed E-state index contributed by atoms with van der Waals surface area (Å²) < 4.78 is 10.9. The third-order valence-electron chi connectivity index (χ3n) is 3.91. The molecule has 0 aliphatic heterocycles. The van der Waals surface area contributed by atoms with E-state index in [1.54, 1.807) is 54.6 Å². The van der Waals surface area contributed by atoms with E-state index in [0.717, 1.165) is 5.56 Å². The van der Waals surface area contributed by atoms with Crippen molar-refractivity contribution < 1.29 is 19.1 Å². The molecule has 3 rings (SSSR count). The molecule has 0 heterocycles. The zero-order valence-corrected chi connectivity index (χ0v) is 16.3. The first-order chi connectivity index (χ1) is 13.2. The van der Waals surface area contributed by atoms with Crippen molar-refractivity contribution >= 4 is 28.0 Å². The average Bonchev–Trinajstić information content (AvgIpc) is 2.70. The van der Waals surface area contributed by atoms with Crippen LogP contribution in [-0.2, 0) is 4.79 Å². The summed E-state index contributed by atoms with van der Waals surface area (Å²) in [6.45, 7) is 0. The van der Waals surface area contributed by atoms with Gasteiger partial charge in [-0.2, -0.15) is 0 Å². The number of carbonyl (C=O) groups is 2. The Kier molecular flexibility index (Phi) is 6.42. The number of benzene rings is 3. The summed E-state index contributed by atoms with van der Waals surface area (Å²) in [5.74, 6) is -0.377. The van der Waals surface area contributed by atoms with Crippen LogP contribution in [0.2, 0.25) is 5.32 Å². The van der Waals surface area contributed by atoms with Crippen LogP contribution in [0, 0.1) is 0 Å². The molecule has 0 spiro atoms. The zero-order chi connectivity index (χ0) is 19.1. The summed E-state index contributed by atoms with van der Waals surface area (Å²) in [6.07, 6.45) is 0. The topological polar surface area (TPSA) is 52.6 Å². The number of rotatable bonds is 6. The third-order valence-corrected chi connectivity index (χ3v) is 4.68. The Morgan fingerprint density at radius 2 is 1.41 bits per heavy atom. The molecule has 4 nitrogen and oxygen atoms in total. The molecule has 0 amide bonds. The molecular weight excluding hydrogens is 407 g/mol. The first kappa shape index (κ1) is 18.9. The number of ether oxygens (including phenoxy) is 2. The Balaban J connectivity index is 1.74. The second-order valence-electron chi connectivity index (χ2n) is 5.80. The molecule has 0 aliphatic rings. The van der Waals surface area contributed by atoms with E-state index < -0.39 is 11.9 Å². The molecule has 0 saturated carbocycles. The molecule has 0 aliphatic carbocycles. The van der Waals surface area contributed by atoms with Crippen LogP contribution >= 0.6 is 0 Å². The van der Waals surface area contributed by atoms with Crippen LogP contribution in [0.25, 0.3) is 0 Å². The molecule has 136 valence electrons. The van der Waals surface area contributed by atoms with Crippen molar-refractivity contribution in [1.29, 1.82) is 0 Å². The van der Waals surface area contributed by atoms with Crippen LogP contribution in [0.3, 0.4) is 0 Å². The maximum absolute atomic E-state index is 12.6. The standard InChI is InChI=1S/C22H18O4Se/c23-21(16-8-3-1-4-9-16)26-19-13-7-10-17(14-19)20(15-27)22(24)25-18-11-5-2-6-12-18/h1-14,20,27H,15H2. The van der Waals surface area contributed by atoms with Crippen molar-refractivity contribution in [3.05, 3.63) is 96.1 Å². The van der Waals surface area contributed by atoms with E-state index in [9.17, 15) is 9.59 Å². The molecular formula is C22H18O4Se. The summed E-state index contributed by atoms with van der Waals surface area (Å²) in [5.41, 5.74) is 1.20. The van der Waals surface area contributed by atoms with Crippen molar-refractivity contribution in [3.8, 4) is 11.5 Å². The molecule has 5 heteroatoms. The molecule has 1 atom stereocenters. The van der Waals surface area contributed by atoms with E-state index in [4.69, 9.17) is 9.47 Å². The molecule has 0 saturated heterocycles. The molecule has 0 radical (unpaired) electrons. The van der Waals surface area contributed by atoms with E-state index in [0.29, 0.717) is 22.4 Å². The summed E-state index contributed by atoms with van der Waals surface area (Å²) in [6, 6.07) is 24.7. The van der Waals surface area contributed by atoms with Crippen LogP contribution in [0.5, 0.6) is 11.5 Å². The van der Waals surface area contributed by atoms with Gasteiger partial charge in [-0.15, -0.1) is 0 Å². The van der Waals surface area contributed by atoms with Crippen molar-refractivity contribution in [2.24, 2.45) is 0 Å². The van der Waals surface area contributed by atoms with Gasteiger partial charge in [0, 0.05) is 0 Å². The maximum atomic E-state index is 12.6. The zero-order valence-electron chi connectivity index (χ0n) is 14.4. The summed E-state index contributed by atoms with van der Waals surface area (Å²) >= 11 is 2.40. The second-order valence-corrected chi connectivity index (χ2v) is 6.56. The van der Waals surface area contributed by atoms with E-state index in [-0.39, 0.29) is 5.97 Å². The van der Waals surface area contributed by atoms with Gasteiger partial charge in [-0.25, -0.2) is 0 Å². The van der Waals surface area contributed by atoms with Gasteiger partial charge in [-0.1, -0.05) is 0 Å². The van der Waals surface area contributed by atoms with Gasteiger partial charge in [0.25, 0.3) is 0 Å². The van der Waals surface area contributed by atoms with Crippen molar-refractivity contribution in [2.45, 2.75) is 11.2 Å². The fraction of sp³-hybridized carbons (Fsp3) is 0.0909. The predicted molar refractivity (Wildman–Crippen MR) is 105 cm³/mol. The van der Waals surface area contributed by atoms with E-state index in [1.807, 2.05) is 30.3 Å². The fourth-order valence-corrected chi connectivity index (χ4v) is 3.28. The Hall–Kier alpha value is -2.88. The Bertz CT molecular complexity index is 910. The third kappa shape index (κ3) is 5.07. The Morgan fingerprint density at radius 3 is 2.07 bits per heavy atom. The van der Waals surface area contributed by atoms with E-state index in [2.05, 4.69) is 16.0 Å². The van der Waals surface area contributed by atoms with Gasteiger partial charge in [0.05, 0.1) is 0 Å². The molecule has 0 aromatic heterocycles. The van der Waals surface area contributed by atoms with E-state index in [1.165, 1.54) is 0 Å². The second kappa shape index (κ2) is 9.17. The first-order valence-electron chi connectivity index (χ1n) is 8.42. The van der Waals surface area contributed by atoms with Gasteiger partial charge in [0.15, 0.2) is 0 Å². The van der Waals surface area contributed by atoms with Crippen molar-refractivity contribution in [3.63, 3.8) is 0 Å². The fourth-order valence-electron chi connectivity index (χ4n) is 2.53. The SMILES string of the molecule is O=C(Oc1cccc(C(C[SeH])C(=O)Oc2ccccc2)c1)c1ccccc1. The number of para-hydroxylation sites is 1. The first-order valence-corrected chi connectivity index (χ1v) is 9.75. The Labute approximate surface area is 165 Å². The average molecular weight is 425 g/mol. The van der Waals surface area contributed by atoms with Crippen LogP contribution in [0.4, 0.5) is 0 Å². The van der Waals surface area contributed by atoms with Crippen molar-refractivity contribution in [1.82, 2.24) is 0 Å². The van der Waals surface area contributed by atoms with E-state index >= 15 is 0 Å². The number of esters is 2. The monoisotopic (exact) mass is 426 g/mol. The minimum absolute atomic E-state index is 0.353. The number of hydrogen-bond donors (Lipinski definition) is 0. The molecule has 3 aromatic rings. The van der Waals surface area contributed by atoms with Gasteiger partial charge in [0.1, 0.15) is 0 Å². The quantitative estimate of drug-likeness (QED) is 0.341. The Morgan fingerprint density at radius 1 is 0.778 bits per heavy atom. The minimum atomic E-state index is -0.472. The van der Waals surface area contributed by atoms with Gasteiger partial charge >= 0.3 is 166 Å². The van der Waals surface area contributed by atoms with Crippen LogP contribution in [0.1, 0.15) is 21.8 Å². The molecule has 0 fully saturated rings. The summed E-state index contributed by atoms with van der Waals surface area (Å²) in [7, 11) is 0. The molecule has 27 heavy (non-hydrogen) atoms. The van der Waals surface area contributed by atoms with Gasteiger partial charge < -0.3 is 0 Å². The summed E-state index contributed by atoms with van der Waals surface area (Å²) in [4.78, 5) is 24.8. The van der Waals surface area contributed by atoms with Crippen LogP contribution in [0.15, 0.2) is 84.9 Å². The number of hydrogen-bond acceptors (Lipinski definition) is 4. The van der Waals surface area contributed by atoms with Crippen molar-refractivity contribution in [2.75, 3.05) is 0 Å². The molecule has 0 bridgehead atoms. The molecule has 1 unspecified atom stereocenters.